The molecule has 0 saturated carbocycles. The number of carbonyl (C=O) groups is 1. The van der Waals surface area contributed by atoms with Gasteiger partial charge in [0.2, 0.25) is 0 Å². The first kappa shape index (κ1) is 23.8. The summed E-state index contributed by atoms with van der Waals surface area (Å²) in [4.78, 5) is 11.7. The van der Waals surface area contributed by atoms with E-state index in [0.717, 1.165) is 6.42 Å². The number of unbranched alkanes of at least 4 members (excludes halogenated alkanes) is 1. The summed E-state index contributed by atoms with van der Waals surface area (Å²) in [5, 5.41) is 9.61. The fourth-order valence-electron chi connectivity index (χ4n) is 4.67. The maximum Gasteiger partial charge on any atom is 0.340 e. The molecule has 34 heavy (non-hydrogen) atoms. The molecule has 0 radical (unpaired) electrons. The van der Waals surface area contributed by atoms with Crippen molar-refractivity contribution in [2.24, 2.45) is 0 Å². The van der Waals surface area contributed by atoms with Crippen LogP contribution in [-0.4, -0.2) is 24.3 Å². The third-order valence-corrected chi connectivity index (χ3v) is 6.51. The molecular formula is C30H32O4. The zero-order valence-electron chi connectivity index (χ0n) is 20.1. The number of aliphatic carboxylic acids is 1. The molecule has 1 unspecified atom stereocenters. The van der Waals surface area contributed by atoms with Gasteiger partial charge in [0.25, 0.3) is 0 Å². The first-order valence-corrected chi connectivity index (χ1v) is 12.0. The first-order chi connectivity index (χ1) is 16.5. The smallest absolute Gasteiger partial charge is 0.340 e. The van der Waals surface area contributed by atoms with E-state index >= 15 is 0 Å². The fraction of sp³-hybridized carbons (Fsp3) is 0.300. The number of hydrogen-bond acceptors (Lipinski definition) is 3. The zero-order chi connectivity index (χ0) is 24.1. The molecule has 4 heteroatoms. The molecule has 0 bridgehead atoms. The molecule has 1 aliphatic rings. The predicted molar refractivity (Wildman–Crippen MR) is 136 cm³/mol. The number of benzene rings is 3. The minimum atomic E-state index is -1.37. The van der Waals surface area contributed by atoms with Gasteiger partial charge in [0.05, 0.1) is 0 Å². The standard InChI is InChI=1S/C30H32O4/c1-4-6-10-21-11-9-14-27-25(24-12-7-8-13-26(24)28(21)27)19-20-33-23-17-15-22(16-18-23)30(3,29(31)32)34-5-2/h7-9,11-19H,4-6,10,20H2,1-3H3,(H,31,32). The molecule has 0 aromatic heterocycles. The highest BCUT2D eigenvalue weighted by Gasteiger charge is 2.36. The van der Waals surface area contributed by atoms with Crippen molar-refractivity contribution >= 4 is 11.5 Å². The summed E-state index contributed by atoms with van der Waals surface area (Å²) in [6, 6.07) is 22.3. The van der Waals surface area contributed by atoms with E-state index in [1.807, 2.05) is 0 Å². The molecular weight excluding hydrogens is 424 g/mol. The monoisotopic (exact) mass is 456 g/mol. The van der Waals surface area contributed by atoms with E-state index in [1.54, 1.807) is 38.1 Å². The van der Waals surface area contributed by atoms with Crippen molar-refractivity contribution in [3.05, 3.63) is 95.1 Å². The SMILES string of the molecule is CCCCc1cccc2c1-c1ccccc1C2=CCOc1ccc(C(C)(OCC)C(=O)O)cc1. The van der Waals surface area contributed by atoms with Gasteiger partial charge in [0.1, 0.15) is 12.4 Å². The maximum absolute atomic E-state index is 11.7. The first-order valence-electron chi connectivity index (χ1n) is 12.0. The molecule has 0 spiro atoms. The number of fused-ring (bicyclic) bond motifs is 3. The Balaban J connectivity index is 1.56. The molecule has 4 nitrogen and oxygen atoms in total. The van der Waals surface area contributed by atoms with E-state index in [2.05, 4.69) is 55.5 Å². The third kappa shape index (κ3) is 4.51. The van der Waals surface area contributed by atoms with E-state index in [9.17, 15) is 9.90 Å². The van der Waals surface area contributed by atoms with Crippen LogP contribution in [0.5, 0.6) is 5.75 Å². The van der Waals surface area contributed by atoms with Crippen molar-refractivity contribution in [1.29, 1.82) is 0 Å². The van der Waals surface area contributed by atoms with Gasteiger partial charge >= 0.3 is 5.97 Å². The van der Waals surface area contributed by atoms with Gasteiger partial charge in [-0.2, -0.15) is 0 Å². The second-order valence-corrected chi connectivity index (χ2v) is 8.71. The predicted octanol–water partition coefficient (Wildman–Crippen LogP) is 6.86. The van der Waals surface area contributed by atoms with Gasteiger partial charge in [-0.25, -0.2) is 4.79 Å². The Bertz CT molecular complexity index is 1190. The summed E-state index contributed by atoms with van der Waals surface area (Å²) >= 11 is 0. The van der Waals surface area contributed by atoms with Crippen LogP contribution in [0.3, 0.4) is 0 Å². The van der Waals surface area contributed by atoms with Crippen LogP contribution >= 0.6 is 0 Å². The molecule has 0 aliphatic heterocycles. The van der Waals surface area contributed by atoms with Gasteiger partial charge in [0, 0.05) is 6.61 Å². The van der Waals surface area contributed by atoms with Gasteiger partial charge in [-0.3, -0.25) is 0 Å². The second kappa shape index (κ2) is 10.3. The normalized spacial score (nSPS) is 15.0. The molecule has 3 aromatic rings. The van der Waals surface area contributed by atoms with Crippen molar-refractivity contribution in [3.63, 3.8) is 0 Å². The second-order valence-electron chi connectivity index (χ2n) is 8.71. The number of carboxylic acid groups (broad SMARTS) is 1. The van der Waals surface area contributed by atoms with Crippen LogP contribution in [0.15, 0.2) is 72.8 Å². The van der Waals surface area contributed by atoms with E-state index in [4.69, 9.17) is 9.47 Å². The lowest BCUT2D eigenvalue weighted by Gasteiger charge is -2.25. The molecule has 3 aromatic carbocycles. The van der Waals surface area contributed by atoms with Gasteiger partial charge in [0.15, 0.2) is 5.60 Å². The topological polar surface area (TPSA) is 55.8 Å². The van der Waals surface area contributed by atoms with Crippen LogP contribution in [0.1, 0.15) is 55.9 Å². The van der Waals surface area contributed by atoms with E-state index in [1.165, 1.54) is 46.2 Å². The summed E-state index contributed by atoms with van der Waals surface area (Å²) < 4.78 is 11.5. The summed E-state index contributed by atoms with van der Waals surface area (Å²) in [5.74, 6) is -0.322. The summed E-state index contributed by atoms with van der Waals surface area (Å²) in [7, 11) is 0. The molecule has 176 valence electrons. The van der Waals surface area contributed by atoms with Crippen molar-refractivity contribution in [2.45, 2.75) is 45.6 Å². The van der Waals surface area contributed by atoms with Gasteiger partial charge in [-0.1, -0.05) is 67.9 Å². The third-order valence-electron chi connectivity index (χ3n) is 6.51. The largest absolute Gasteiger partial charge is 0.490 e. The van der Waals surface area contributed by atoms with Crippen molar-refractivity contribution in [2.75, 3.05) is 13.2 Å². The Hall–Kier alpha value is -3.37. The lowest BCUT2D eigenvalue weighted by Crippen LogP contribution is -2.35. The zero-order valence-corrected chi connectivity index (χ0v) is 20.1. The number of rotatable bonds is 10. The van der Waals surface area contributed by atoms with Crippen LogP contribution in [0.2, 0.25) is 0 Å². The molecule has 0 saturated heterocycles. The van der Waals surface area contributed by atoms with Crippen LogP contribution in [0.4, 0.5) is 0 Å². The fourth-order valence-corrected chi connectivity index (χ4v) is 4.67. The molecule has 0 heterocycles. The maximum atomic E-state index is 11.7. The van der Waals surface area contributed by atoms with E-state index in [0.29, 0.717) is 24.5 Å². The Morgan fingerprint density at radius 1 is 0.941 bits per heavy atom. The summed E-state index contributed by atoms with van der Waals surface area (Å²) in [6.07, 6.45) is 5.59. The number of hydrogen-bond donors (Lipinski definition) is 1. The van der Waals surface area contributed by atoms with E-state index < -0.39 is 11.6 Å². The highest BCUT2D eigenvalue weighted by atomic mass is 16.5. The summed E-state index contributed by atoms with van der Waals surface area (Å²) in [6.45, 7) is 6.33. The molecule has 4 rings (SSSR count). The van der Waals surface area contributed by atoms with Crippen LogP contribution < -0.4 is 4.74 Å². The molecule has 1 atom stereocenters. The van der Waals surface area contributed by atoms with Crippen LogP contribution in [-0.2, 0) is 21.6 Å². The Labute approximate surface area is 201 Å². The Morgan fingerprint density at radius 3 is 2.32 bits per heavy atom. The molecule has 0 amide bonds. The Kier molecular flexibility index (Phi) is 7.18. The van der Waals surface area contributed by atoms with Crippen molar-refractivity contribution < 1.29 is 19.4 Å². The number of carboxylic acids is 1. The number of ether oxygens (including phenoxy) is 2. The molecule has 0 fully saturated rings. The van der Waals surface area contributed by atoms with Gasteiger partial charge < -0.3 is 14.6 Å². The van der Waals surface area contributed by atoms with Gasteiger partial charge in [-0.05, 0) is 83.9 Å². The van der Waals surface area contributed by atoms with Crippen molar-refractivity contribution in [1.82, 2.24) is 0 Å². The quantitative estimate of drug-likeness (QED) is 0.283. The Morgan fingerprint density at radius 2 is 1.65 bits per heavy atom. The molecule has 1 aliphatic carbocycles. The lowest BCUT2D eigenvalue weighted by atomic mass is 9.95. The average molecular weight is 457 g/mol. The molecule has 1 N–H and O–H groups in total. The van der Waals surface area contributed by atoms with E-state index in [-0.39, 0.29) is 0 Å². The highest BCUT2D eigenvalue weighted by Crippen LogP contribution is 2.46. The average Bonchev–Trinajstić information content (AvgIpc) is 3.17. The number of aryl methyl sites for hydroxylation is 1. The lowest BCUT2D eigenvalue weighted by molar-refractivity contribution is -0.164. The highest BCUT2D eigenvalue weighted by molar-refractivity contribution is 6.02. The van der Waals surface area contributed by atoms with Crippen LogP contribution in [0, 0.1) is 0 Å². The summed E-state index contributed by atoms with van der Waals surface area (Å²) in [5.41, 5.74) is 6.98. The van der Waals surface area contributed by atoms with Crippen LogP contribution in [0.25, 0.3) is 16.7 Å². The minimum absolute atomic E-state index is 0.317. The van der Waals surface area contributed by atoms with Gasteiger partial charge in [-0.15, -0.1) is 0 Å². The van der Waals surface area contributed by atoms with Crippen molar-refractivity contribution in [3.8, 4) is 16.9 Å². The minimum Gasteiger partial charge on any atom is -0.490 e.